The number of nitrogens with one attached hydrogen (secondary N) is 1. The normalized spacial score (nSPS) is 15.2. The Morgan fingerprint density at radius 2 is 1.93 bits per heavy atom. The topological polar surface area (TPSA) is 77.6 Å². The SMILES string of the molecule is Cc1ccc(Cn2cnc(NC(=O)C(C)n3nc(C(F)(F)F)cc3C3CC3)n2)cc1. The fourth-order valence-corrected chi connectivity index (χ4v) is 3.18. The Balaban J connectivity index is 1.46. The molecule has 30 heavy (non-hydrogen) atoms. The Labute approximate surface area is 170 Å². The van der Waals surface area contributed by atoms with Gasteiger partial charge in [0.15, 0.2) is 5.69 Å². The van der Waals surface area contributed by atoms with E-state index in [0.29, 0.717) is 12.2 Å². The largest absolute Gasteiger partial charge is 0.435 e. The van der Waals surface area contributed by atoms with Crippen LogP contribution in [-0.4, -0.2) is 30.5 Å². The number of nitrogens with zero attached hydrogens (tertiary/aromatic N) is 5. The molecule has 1 aromatic carbocycles. The second-order valence-electron chi connectivity index (χ2n) is 7.59. The van der Waals surface area contributed by atoms with E-state index in [9.17, 15) is 18.0 Å². The van der Waals surface area contributed by atoms with Gasteiger partial charge in [0, 0.05) is 11.6 Å². The zero-order chi connectivity index (χ0) is 21.5. The number of carbonyl (C=O) groups is 1. The van der Waals surface area contributed by atoms with E-state index >= 15 is 0 Å². The molecular weight excluding hydrogens is 397 g/mol. The van der Waals surface area contributed by atoms with Crippen molar-refractivity contribution in [2.75, 3.05) is 5.32 Å². The average molecular weight is 418 g/mol. The number of alkyl halides is 3. The summed E-state index contributed by atoms with van der Waals surface area (Å²) >= 11 is 0. The molecule has 0 saturated heterocycles. The van der Waals surface area contributed by atoms with E-state index in [0.717, 1.165) is 30.0 Å². The van der Waals surface area contributed by atoms with Gasteiger partial charge in [-0.25, -0.2) is 9.67 Å². The fraction of sp³-hybridized carbons (Fsp3) is 0.400. The maximum Gasteiger partial charge on any atom is 0.435 e. The molecule has 4 rings (SSSR count). The third-order valence-corrected chi connectivity index (χ3v) is 5.03. The van der Waals surface area contributed by atoms with E-state index in [1.54, 1.807) is 4.68 Å². The minimum Gasteiger partial charge on any atom is -0.291 e. The van der Waals surface area contributed by atoms with Gasteiger partial charge >= 0.3 is 6.18 Å². The highest BCUT2D eigenvalue weighted by Crippen LogP contribution is 2.43. The molecule has 2 heterocycles. The molecule has 1 aliphatic carbocycles. The van der Waals surface area contributed by atoms with Gasteiger partial charge in [-0.1, -0.05) is 29.8 Å². The van der Waals surface area contributed by atoms with Gasteiger partial charge in [0.2, 0.25) is 5.95 Å². The summed E-state index contributed by atoms with van der Waals surface area (Å²) in [6.07, 6.45) is -1.47. The minimum absolute atomic E-state index is 0.00990. The lowest BCUT2D eigenvalue weighted by Crippen LogP contribution is -2.26. The third-order valence-electron chi connectivity index (χ3n) is 5.03. The van der Waals surface area contributed by atoms with Crippen LogP contribution in [0, 0.1) is 6.92 Å². The lowest BCUT2D eigenvalue weighted by Gasteiger charge is -2.14. The molecule has 1 atom stereocenters. The van der Waals surface area contributed by atoms with E-state index in [1.165, 1.54) is 17.9 Å². The minimum atomic E-state index is -4.55. The van der Waals surface area contributed by atoms with Gasteiger partial charge in [-0.2, -0.15) is 18.3 Å². The molecule has 3 aromatic rings. The highest BCUT2D eigenvalue weighted by Gasteiger charge is 2.39. The van der Waals surface area contributed by atoms with Crippen LogP contribution in [0.15, 0.2) is 36.7 Å². The van der Waals surface area contributed by atoms with Crippen molar-refractivity contribution in [1.29, 1.82) is 0 Å². The van der Waals surface area contributed by atoms with Crippen LogP contribution in [0.4, 0.5) is 19.1 Å². The van der Waals surface area contributed by atoms with Crippen molar-refractivity contribution in [3.05, 3.63) is 59.2 Å². The molecule has 1 amide bonds. The molecule has 10 heteroatoms. The van der Waals surface area contributed by atoms with E-state index in [1.807, 2.05) is 31.2 Å². The number of benzene rings is 1. The van der Waals surface area contributed by atoms with Crippen LogP contribution >= 0.6 is 0 Å². The average Bonchev–Trinajstić information content (AvgIpc) is 3.27. The van der Waals surface area contributed by atoms with Gasteiger partial charge in [0.1, 0.15) is 12.4 Å². The van der Waals surface area contributed by atoms with Crippen molar-refractivity contribution in [3.63, 3.8) is 0 Å². The number of halogens is 3. The number of hydrogen-bond donors (Lipinski definition) is 1. The van der Waals surface area contributed by atoms with Crippen molar-refractivity contribution in [1.82, 2.24) is 24.5 Å². The number of aromatic nitrogens is 5. The van der Waals surface area contributed by atoms with Crippen molar-refractivity contribution >= 4 is 11.9 Å². The van der Waals surface area contributed by atoms with Crippen LogP contribution in [0.3, 0.4) is 0 Å². The Bertz CT molecular complexity index is 1050. The predicted molar refractivity (Wildman–Crippen MR) is 103 cm³/mol. The first-order chi connectivity index (χ1) is 14.2. The van der Waals surface area contributed by atoms with Crippen LogP contribution in [0.1, 0.15) is 54.2 Å². The zero-order valence-corrected chi connectivity index (χ0v) is 16.5. The molecule has 1 unspecified atom stereocenters. The second kappa shape index (κ2) is 7.58. The summed E-state index contributed by atoms with van der Waals surface area (Å²) in [4.78, 5) is 16.7. The molecule has 1 saturated carbocycles. The van der Waals surface area contributed by atoms with Crippen LogP contribution in [-0.2, 0) is 17.5 Å². The van der Waals surface area contributed by atoms with Crippen molar-refractivity contribution in [2.45, 2.75) is 51.4 Å². The monoisotopic (exact) mass is 418 g/mol. The number of carbonyl (C=O) groups excluding carboxylic acids is 1. The quantitative estimate of drug-likeness (QED) is 0.658. The van der Waals surface area contributed by atoms with Gasteiger partial charge in [-0.3, -0.25) is 14.8 Å². The van der Waals surface area contributed by atoms with Crippen LogP contribution < -0.4 is 5.32 Å². The molecule has 1 fully saturated rings. The summed E-state index contributed by atoms with van der Waals surface area (Å²) in [5.74, 6) is -0.423. The molecule has 0 radical (unpaired) electrons. The Morgan fingerprint density at radius 3 is 2.57 bits per heavy atom. The Hall–Kier alpha value is -3.17. The zero-order valence-electron chi connectivity index (χ0n) is 16.5. The summed E-state index contributed by atoms with van der Waals surface area (Å²) in [5, 5.41) is 10.4. The molecule has 1 N–H and O–H groups in total. The number of rotatable bonds is 6. The maximum absolute atomic E-state index is 13.1. The second-order valence-corrected chi connectivity index (χ2v) is 7.59. The van der Waals surface area contributed by atoms with Gasteiger partial charge in [-0.15, -0.1) is 5.10 Å². The van der Waals surface area contributed by atoms with Crippen LogP contribution in [0.5, 0.6) is 0 Å². The van der Waals surface area contributed by atoms with Crippen molar-refractivity contribution in [3.8, 4) is 0 Å². The molecular formula is C20H21F3N6O. The van der Waals surface area contributed by atoms with Gasteiger partial charge in [0.05, 0.1) is 6.54 Å². The van der Waals surface area contributed by atoms with E-state index in [2.05, 4.69) is 20.5 Å². The van der Waals surface area contributed by atoms with Crippen LogP contribution in [0.25, 0.3) is 0 Å². The summed E-state index contributed by atoms with van der Waals surface area (Å²) in [7, 11) is 0. The number of aryl methyl sites for hydroxylation is 1. The van der Waals surface area contributed by atoms with Crippen molar-refractivity contribution in [2.24, 2.45) is 0 Å². The number of hydrogen-bond acceptors (Lipinski definition) is 4. The Morgan fingerprint density at radius 1 is 1.23 bits per heavy atom. The van der Waals surface area contributed by atoms with E-state index in [-0.39, 0.29) is 11.9 Å². The summed E-state index contributed by atoms with van der Waals surface area (Å²) in [6, 6.07) is 8.05. The number of anilines is 1. The first-order valence-corrected chi connectivity index (χ1v) is 9.63. The first-order valence-electron chi connectivity index (χ1n) is 9.63. The molecule has 1 aliphatic rings. The van der Waals surface area contributed by atoms with Gasteiger partial charge in [0.25, 0.3) is 5.91 Å². The highest BCUT2D eigenvalue weighted by molar-refractivity contribution is 5.91. The molecule has 0 aliphatic heterocycles. The van der Waals surface area contributed by atoms with Crippen molar-refractivity contribution < 1.29 is 18.0 Å². The first kappa shape index (κ1) is 20.1. The van der Waals surface area contributed by atoms with E-state index < -0.39 is 23.8 Å². The standard InChI is InChI=1S/C20H21F3N6O/c1-12-3-5-14(6-4-12)10-28-11-24-19(27-28)25-18(30)13(2)29-16(15-7-8-15)9-17(26-29)20(21,22)23/h3-6,9,11,13,15H,7-8,10H2,1-2H3,(H,25,27,30). The maximum atomic E-state index is 13.1. The molecule has 2 aromatic heterocycles. The van der Waals surface area contributed by atoms with Gasteiger partial charge < -0.3 is 0 Å². The molecule has 158 valence electrons. The van der Waals surface area contributed by atoms with Crippen LogP contribution in [0.2, 0.25) is 0 Å². The molecule has 0 bridgehead atoms. The summed E-state index contributed by atoms with van der Waals surface area (Å²) < 4.78 is 42.0. The summed E-state index contributed by atoms with van der Waals surface area (Å²) in [5.41, 5.74) is 1.63. The fourth-order valence-electron chi connectivity index (χ4n) is 3.18. The summed E-state index contributed by atoms with van der Waals surface area (Å²) in [6.45, 7) is 4.00. The predicted octanol–water partition coefficient (Wildman–Crippen LogP) is 3.93. The van der Waals surface area contributed by atoms with E-state index in [4.69, 9.17) is 0 Å². The molecule has 7 nitrogen and oxygen atoms in total. The molecule has 0 spiro atoms. The lowest BCUT2D eigenvalue weighted by molar-refractivity contribution is -0.141. The Kier molecular flexibility index (Phi) is 5.08. The lowest BCUT2D eigenvalue weighted by atomic mass is 10.1. The number of amides is 1. The highest BCUT2D eigenvalue weighted by atomic mass is 19.4. The smallest absolute Gasteiger partial charge is 0.291 e. The third kappa shape index (κ3) is 4.37. The van der Waals surface area contributed by atoms with Gasteiger partial charge in [-0.05, 0) is 38.3 Å².